The molecule has 0 radical (unpaired) electrons. The summed E-state index contributed by atoms with van der Waals surface area (Å²) in [4.78, 5) is 15.6. The van der Waals surface area contributed by atoms with Crippen LogP contribution in [0.2, 0.25) is 0 Å². The zero-order valence-corrected chi connectivity index (χ0v) is 12.5. The third-order valence-corrected chi connectivity index (χ3v) is 4.24. The fourth-order valence-electron chi connectivity index (χ4n) is 3.09. The van der Waals surface area contributed by atoms with Crippen molar-refractivity contribution in [2.24, 2.45) is 0 Å². The van der Waals surface area contributed by atoms with Crippen LogP contribution in [-0.2, 0) is 9.47 Å². The maximum absolute atomic E-state index is 13.1. The summed E-state index contributed by atoms with van der Waals surface area (Å²) in [6, 6.07) is 1.17. The van der Waals surface area contributed by atoms with Crippen molar-refractivity contribution in [2.45, 2.75) is 50.4 Å². The lowest BCUT2D eigenvalue weighted by Crippen LogP contribution is -2.36. The third kappa shape index (κ3) is 3.62. The zero-order chi connectivity index (χ0) is 15.4. The largest absolute Gasteiger partial charge is 0.349 e. The first-order valence-electron chi connectivity index (χ1n) is 7.87. The number of rotatable bonds is 3. The summed E-state index contributed by atoms with van der Waals surface area (Å²) < 4.78 is 25.0. The molecule has 0 bridgehead atoms. The minimum absolute atomic E-state index is 0.149. The van der Waals surface area contributed by atoms with E-state index < -0.39 is 11.6 Å². The molecule has 120 valence electrons. The van der Waals surface area contributed by atoms with Gasteiger partial charge in [0, 0.05) is 25.6 Å². The zero-order valence-electron chi connectivity index (χ0n) is 12.5. The molecule has 6 heteroatoms. The quantitative estimate of drug-likeness (QED) is 0.931. The van der Waals surface area contributed by atoms with Gasteiger partial charge in [-0.05, 0) is 18.9 Å². The lowest BCUT2D eigenvalue weighted by atomic mass is 10.1. The van der Waals surface area contributed by atoms with Crippen LogP contribution in [0.1, 0.15) is 48.9 Å². The van der Waals surface area contributed by atoms with Crippen molar-refractivity contribution >= 4 is 5.91 Å². The second-order valence-corrected chi connectivity index (χ2v) is 5.98. The molecule has 1 spiro atoms. The number of ether oxygens (including phenoxy) is 2. The van der Waals surface area contributed by atoms with E-state index in [0.717, 1.165) is 31.9 Å². The van der Waals surface area contributed by atoms with E-state index in [4.69, 9.17) is 9.47 Å². The topological polar surface area (TPSA) is 60.5 Å². The van der Waals surface area contributed by atoms with Crippen LogP contribution in [0.5, 0.6) is 0 Å². The van der Waals surface area contributed by atoms with Crippen LogP contribution in [-0.4, -0.2) is 35.9 Å². The molecule has 0 unspecified atom stereocenters. The fourth-order valence-corrected chi connectivity index (χ4v) is 3.09. The highest BCUT2D eigenvalue weighted by atomic mass is 19.1. The summed E-state index contributed by atoms with van der Waals surface area (Å²) in [5.41, 5.74) is 0.211. The highest BCUT2D eigenvalue weighted by Gasteiger charge is 2.41. The molecule has 1 aromatic heterocycles. The van der Waals surface area contributed by atoms with Gasteiger partial charge in [-0.15, -0.1) is 0 Å². The molecule has 5 nitrogen and oxygen atoms in total. The van der Waals surface area contributed by atoms with Crippen LogP contribution in [0.3, 0.4) is 0 Å². The second kappa shape index (κ2) is 6.71. The first-order chi connectivity index (χ1) is 10.7. The molecule has 1 N–H and O–H groups in total. The Labute approximate surface area is 129 Å². The Morgan fingerprint density at radius 2 is 2.09 bits per heavy atom. The van der Waals surface area contributed by atoms with Gasteiger partial charge in [0.05, 0.1) is 18.4 Å². The molecular weight excluding hydrogens is 287 g/mol. The SMILES string of the molecule is O=C(NC[C@H]1COC2(CCCCCC2)O1)c1cncc(F)c1. The van der Waals surface area contributed by atoms with Crippen LogP contribution in [0.25, 0.3) is 0 Å². The summed E-state index contributed by atoms with van der Waals surface area (Å²) in [5, 5.41) is 2.76. The van der Waals surface area contributed by atoms with Crippen LogP contribution in [0.15, 0.2) is 18.5 Å². The lowest BCUT2D eigenvalue weighted by Gasteiger charge is -2.26. The van der Waals surface area contributed by atoms with Crippen molar-refractivity contribution in [2.75, 3.05) is 13.2 Å². The van der Waals surface area contributed by atoms with Crippen LogP contribution in [0, 0.1) is 5.82 Å². The smallest absolute Gasteiger partial charge is 0.253 e. The second-order valence-electron chi connectivity index (χ2n) is 5.98. The molecule has 1 aliphatic carbocycles. The predicted octanol–water partition coefficient (Wildman–Crippen LogP) is 2.42. The molecule has 3 rings (SSSR count). The average molecular weight is 308 g/mol. The molecule has 0 aromatic carbocycles. The maximum Gasteiger partial charge on any atom is 0.253 e. The number of hydrogen-bond acceptors (Lipinski definition) is 4. The number of pyridine rings is 1. The number of nitrogens with one attached hydrogen (secondary N) is 1. The number of carbonyl (C=O) groups is 1. The highest BCUT2D eigenvalue weighted by Crippen LogP contribution is 2.36. The summed E-state index contributed by atoms with van der Waals surface area (Å²) in [6.07, 6.45) is 8.80. The van der Waals surface area contributed by atoms with E-state index in [0.29, 0.717) is 13.2 Å². The van der Waals surface area contributed by atoms with Crippen LogP contribution < -0.4 is 5.32 Å². The number of carbonyl (C=O) groups excluding carboxylic acids is 1. The van der Waals surface area contributed by atoms with Gasteiger partial charge in [-0.2, -0.15) is 0 Å². The van der Waals surface area contributed by atoms with Crippen molar-refractivity contribution in [3.8, 4) is 0 Å². The summed E-state index contributed by atoms with van der Waals surface area (Å²) in [5.74, 6) is -1.32. The minimum Gasteiger partial charge on any atom is -0.349 e. The molecule has 1 saturated heterocycles. The molecule has 22 heavy (non-hydrogen) atoms. The van der Waals surface area contributed by atoms with Crippen LogP contribution in [0.4, 0.5) is 4.39 Å². The van der Waals surface area contributed by atoms with Gasteiger partial charge in [-0.25, -0.2) is 4.39 Å². The van der Waals surface area contributed by atoms with Crippen LogP contribution >= 0.6 is 0 Å². The van der Waals surface area contributed by atoms with Crippen molar-refractivity contribution in [1.82, 2.24) is 10.3 Å². The minimum atomic E-state index is -0.523. The van der Waals surface area contributed by atoms with Gasteiger partial charge >= 0.3 is 0 Å². The molecule has 1 aliphatic heterocycles. The van der Waals surface area contributed by atoms with E-state index in [2.05, 4.69) is 10.3 Å². The van der Waals surface area contributed by atoms with Gasteiger partial charge in [0.15, 0.2) is 5.79 Å². The fraction of sp³-hybridized carbons (Fsp3) is 0.625. The van der Waals surface area contributed by atoms with Gasteiger partial charge in [-0.1, -0.05) is 12.8 Å². The van der Waals surface area contributed by atoms with E-state index in [1.807, 2.05) is 0 Å². The van der Waals surface area contributed by atoms with E-state index in [-0.39, 0.29) is 17.6 Å². The number of hydrogen-bond donors (Lipinski definition) is 1. The standard InChI is InChI=1S/C16H21FN2O3/c17-13-7-12(8-18-9-13)15(20)19-10-14-11-21-16(22-14)5-3-1-2-4-6-16/h7-9,14H,1-6,10-11H2,(H,19,20)/t14-/m0/s1. The molecule has 1 amide bonds. The number of amides is 1. The van der Waals surface area contributed by atoms with E-state index in [1.165, 1.54) is 25.1 Å². The predicted molar refractivity (Wildman–Crippen MR) is 77.8 cm³/mol. The van der Waals surface area contributed by atoms with Gasteiger partial charge in [-0.3, -0.25) is 9.78 Å². The van der Waals surface area contributed by atoms with Crippen molar-refractivity contribution in [1.29, 1.82) is 0 Å². The summed E-state index contributed by atoms with van der Waals surface area (Å²) >= 11 is 0. The van der Waals surface area contributed by atoms with E-state index in [1.54, 1.807) is 0 Å². The Morgan fingerprint density at radius 3 is 2.82 bits per heavy atom. The van der Waals surface area contributed by atoms with E-state index in [9.17, 15) is 9.18 Å². The molecular formula is C16H21FN2O3. The Balaban J connectivity index is 1.51. The molecule has 2 heterocycles. The Bertz CT molecular complexity index is 530. The van der Waals surface area contributed by atoms with Crippen molar-refractivity contribution in [3.63, 3.8) is 0 Å². The highest BCUT2D eigenvalue weighted by molar-refractivity contribution is 5.93. The maximum atomic E-state index is 13.1. The first kappa shape index (κ1) is 15.4. The number of halogens is 1. The Hall–Kier alpha value is -1.53. The normalized spacial score (nSPS) is 24.1. The van der Waals surface area contributed by atoms with Crippen molar-refractivity contribution in [3.05, 3.63) is 29.8 Å². The molecule has 1 aromatic rings. The number of aromatic nitrogens is 1. The molecule has 1 saturated carbocycles. The average Bonchev–Trinajstić information content (AvgIpc) is 2.76. The lowest BCUT2D eigenvalue weighted by molar-refractivity contribution is -0.175. The van der Waals surface area contributed by atoms with Gasteiger partial charge in [0.1, 0.15) is 11.9 Å². The van der Waals surface area contributed by atoms with Gasteiger partial charge < -0.3 is 14.8 Å². The third-order valence-electron chi connectivity index (χ3n) is 4.24. The van der Waals surface area contributed by atoms with E-state index >= 15 is 0 Å². The first-order valence-corrected chi connectivity index (χ1v) is 7.87. The van der Waals surface area contributed by atoms with Crippen molar-refractivity contribution < 1.29 is 18.7 Å². The molecule has 2 fully saturated rings. The summed E-state index contributed by atoms with van der Waals surface area (Å²) in [6.45, 7) is 0.846. The Morgan fingerprint density at radius 1 is 1.32 bits per heavy atom. The molecule has 1 atom stereocenters. The van der Waals surface area contributed by atoms with Gasteiger partial charge in [0.2, 0.25) is 0 Å². The van der Waals surface area contributed by atoms with Gasteiger partial charge in [0.25, 0.3) is 5.91 Å². The molecule has 2 aliphatic rings. The monoisotopic (exact) mass is 308 g/mol. The number of nitrogens with zero attached hydrogens (tertiary/aromatic N) is 1. The Kier molecular flexibility index (Phi) is 4.69. The summed E-state index contributed by atoms with van der Waals surface area (Å²) in [7, 11) is 0.